The van der Waals surface area contributed by atoms with Crippen LogP contribution in [0.5, 0.6) is 0 Å². The van der Waals surface area contributed by atoms with Gasteiger partial charge in [-0.2, -0.15) is 0 Å². The second-order valence-electron chi connectivity index (χ2n) is 6.93. The summed E-state index contributed by atoms with van der Waals surface area (Å²) in [6.07, 6.45) is 3.14. The van der Waals surface area contributed by atoms with Crippen LogP contribution in [-0.2, 0) is 0 Å². The summed E-state index contributed by atoms with van der Waals surface area (Å²) >= 11 is 0. The minimum Gasteiger partial charge on any atom is -0.355 e. The van der Waals surface area contributed by atoms with Gasteiger partial charge < -0.3 is 10.2 Å². The maximum atomic E-state index is 4.53. The lowest BCUT2D eigenvalue weighted by Crippen LogP contribution is -2.44. The molecule has 3 nitrogen and oxygen atoms in total. The van der Waals surface area contributed by atoms with Gasteiger partial charge in [0.05, 0.1) is 0 Å². The minimum absolute atomic E-state index is 0.188. The molecule has 1 aliphatic rings. The van der Waals surface area contributed by atoms with E-state index in [4.69, 9.17) is 0 Å². The number of aromatic nitrogens is 1. The van der Waals surface area contributed by atoms with Crippen LogP contribution in [0.4, 0.5) is 5.82 Å². The fraction of sp³-hybridized carbons (Fsp3) is 0.688. The molecule has 1 aromatic rings. The van der Waals surface area contributed by atoms with Crippen molar-refractivity contribution in [3.05, 3.63) is 23.9 Å². The monoisotopic (exact) mass is 261 g/mol. The van der Waals surface area contributed by atoms with Gasteiger partial charge in [-0.15, -0.1) is 0 Å². The van der Waals surface area contributed by atoms with Gasteiger partial charge in [0.25, 0.3) is 0 Å². The number of anilines is 1. The van der Waals surface area contributed by atoms with Gasteiger partial charge in [-0.3, -0.25) is 0 Å². The van der Waals surface area contributed by atoms with Crippen LogP contribution in [0.3, 0.4) is 0 Å². The van der Waals surface area contributed by atoms with Gasteiger partial charge in [0.1, 0.15) is 5.82 Å². The molecule has 0 spiro atoms. The zero-order valence-corrected chi connectivity index (χ0v) is 12.9. The number of hydrogen-bond donors (Lipinski definition) is 1. The first kappa shape index (κ1) is 14.3. The summed E-state index contributed by atoms with van der Waals surface area (Å²) < 4.78 is 0. The standard InChI is InChI=1S/C16H27N3/c1-12(2)13-6-8-17-15(10-13)19-9-7-14(11-19)18-16(3,4)5/h6,8,10,12,14,18H,7,9,11H2,1-5H3. The third-order valence-corrected chi connectivity index (χ3v) is 3.59. The first-order chi connectivity index (χ1) is 8.85. The highest BCUT2D eigenvalue weighted by Gasteiger charge is 2.26. The molecule has 0 radical (unpaired) electrons. The number of pyridine rings is 1. The van der Waals surface area contributed by atoms with Crippen molar-refractivity contribution < 1.29 is 0 Å². The van der Waals surface area contributed by atoms with Crippen molar-refractivity contribution in [2.45, 2.75) is 58.5 Å². The summed E-state index contributed by atoms with van der Waals surface area (Å²) in [6.45, 7) is 13.3. The molecule has 1 atom stereocenters. The maximum Gasteiger partial charge on any atom is 0.128 e. The zero-order chi connectivity index (χ0) is 14.0. The molecule has 1 unspecified atom stereocenters. The molecule has 2 heterocycles. The third-order valence-electron chi connectivity index (χ3n) is 3.59. The van der Waals surface area contributed by atoms with Gasteiger partial charge in [0.15, 0.2) is 0 Å². The molecular formula is C16H27N3. The Bertz CT molecular complexity index is 420. The Kier molecular flexibility index (Phi) is 4.14. The van der Waals surface area contributed by atoms with E-state index in [1.165, 1.54) is 12.0 Å². The fourth-order valence-corrected chi connectivity index (χ4v) is 2.66. The highest BCUT2D eigenvalue weighted by molar-refractivity contribution is 5.43. The molecule has 1 fully saturated rings. The lowest BCUT2D eigenvalue weighted by molar-refractivity contribution is 0.373. The van der Waals surface area contributed by atoms with E-state index < -0.39 is 0 Å². The van der Waals surface area contributed by atoms with E-state index in [9.17, 15) is 0 Å². The molecule has 0 bridgehead atoms. The van der Waals surface area contributed by atoms with Gasteiger partial charge in [-0.1, -0.05) is 13.8 Å². The molecule has 19 heavy (non-hydrogen) atoms. The summed E-state index contributed by atoms with van der Waals surface area (Å²) in [5.74, 6) is 1.69. The molecule has 1 aliphatic heterocycles. The molecular weight excluding hydrogens is 234 g/mol. The van der Waals surface area contributed by atoms with Crippen molar-refractivity contribution in [3.8, 4) is 0 Å². The molecule has 0 saturated carbocycles. The van der Waals surface area contributed by atoms with Crippen molar-refractivity contribution in [2.75, 3.05) is 18.0 Å². The van der Waals surface area contributed by atoms with Gasteiger partial charge in [0, 0.05) is 30.9 Å². The second kappa shape index (κ2) is 5.49. The van der Waals surface area contributed by atoms with Gasteiger partial charge >= 0.3 is 0 Å². The molecule has 0 aliphatic carbocycles. The predicted molar refractivity (Wildman–Crippen MR) is 81.8 cm³/mol. The lowest BCUT2D eigenvalue weighted by Gasteiger charge is -2.26. The van der Waals surface area contributed by atoms with E-state index in [0.717, 1.165) is 18.9 Å². The van der Waals surface area contributed by atoms with Crippen molar-refractivity contribution in [1.82, 2.24) is 10.3 Å². The summed E-state index contributed by atoms with van der Waals surface area (Å²) in [4.78, 5) is 6.93. The van der Waals surface area contributed by atoms with Crippen LogP contribution in [0.2, 0.25) is 0 Å². The van der Waals surface area contributed by atoms with Crippen LogP contribution in [-0.4, -0.2) is 29.7 Å². The van der Waals surface area contributed by atoms with Crippen LogP contribution in [0.15, 0.2) is 18.3 Å². The minimum atomic E-state index is 0.188. The number of hydrogen-bond acceptors (Lipinski definition) is 3. The number of rotatable bonds is 3. The molecule has 1 saturated heterocycles. The first-order valence-electron chi connectivity index (χ1n) is 7.34. The molecule has 3 heteroatoms. The Labute approximate surface area is 117 Å². The second-order valence-corrected chi connectivity index (χ2v) is 6.93. The van der Waals surface area contributed by atoms with Gasteiger partial charge in [-0.05, 0) is 50.8 Å². The number of nitrogens with one attached hydrogen (secondary N) is 1. The van der Waals surface area contributed by atoms with Crippen molar-refractivity contribution in [2.24, 2.45) is 0 Å². The Morgan fingerprint density at radius 1 is 1.37 bits per heavy atom. The largest absolute Gasteiger partial charge is 0.355 e. The predicted octanol–water partition coefficient (Wildman–Crippen LogP) is 3.17. The van der Waals surface area contributed by atoms with Crippen LogP contribution in [0, 0.1) is 0 Å². The zero-order valence-electron chi connectivity index (χ0n) is 12.9. The quantitative estimate of drug-likeness (QED) is 0.906. The van der Waals surface area contributed by atoms with Gasteiger partial charge in [0.2, 0.25) is 0 Å². The SMILES string of the molecule is CC(C)c1ccnc(N2CCC(NC(C)(C)C)C2)c1. The van der Waals surface area contributed by atoms with Crippen molar-refractivity contribution in [3.63, 3.8) is 0 Å². The van der Waals surface area contributed by atoms with Crippen LogP contribution in [0.25, 0.3) is 0 Å². The third kappa shape index (κ3) is 3.93. The summed E-state index contributed by atoms with van der Waals surface area (Å²) in [6, 6.07) is 4.93. The lowest BCUT2D eigenvalue weighted by atomic mass is 10.1. The molecule has 1 aromatic heterocycles. The maximum absolute atomic E-state index is 4.53. The van der Waals surface area contributed by atoms with Gasteiger partial charge in [-0.25, -0.2) is 4.98 Å². The van der Waals surface area contributed by atoms with Crippen LogP contribution < -0.4 is 10.2 Å². The van der Waals surface area contributed by atoms with Crippen LogP contribution >= 0.6 is 0 Å². The van der Waals surface area contributed by atoms with E-state index in [1.807, 2.05) is 6.20 Å². The Hall–Kier alpha value is -1.09. The smallest absolute Gasteiger partial charge is 0.128 e. The normalized spacial score (nSPS) is 20.3. The van der Waals surface area contributed by atoms with E-state index in [0.29, 0.717) is 12.0 Å². The van der Waals surface area contributed by atoms with E-state index >= 15 is 0 Å². The molecule has 0 amide bonds. The van der Waals surface area contributed by atoms with Crippen LogP contribution in [0.1, 0.15) is 52.5 Å². The summed E-state index contributed by atoms with van der Waals surface area (Å²) in [7, 11) is 0. The molecule has 0 aromatic carbocycles. The average Bonchev–Trinajstić information content (AvgIpc) is 2.75. The summed E-state index contributed by atoms with van der Waals surface area (Å²) in [5.41, 5.74) is 1.56. The summed E-state index contributed by atoms with van der Waals surface area (Å²) in [5, 5.41) is 3.69. The average molecular weight is 261 g/mol. The van der Waals surface area contributed by atoms with E-state index in [2.05, 4.69) is 62.0 Å². The van der Waals surface area contributed by atoms with Crippen molar-refractivity contribution >= 4 is 5.82 Å². The Morgan fingerprint density at radius 3 is 2.74 bits per heavy atom. The first-order valence-corrected chi connectivity index (χ1v) is 7.34. The fourth-order valence-electron chi connectivity index (χ4n) is 2.66. The molecule has 106 valence electrons. The number of nitrogens with zero attached hydrogens (tertiary/aromatic N) is 2. The Balaban J connectivity index is 2.02. The highest BCUT2D eigenvalue weighted by atomic mass is 15.2. The molecule has 1 N–H and O–H groups in total. The van der Waals surface area contributed by atoms with E-state index in [1.54, 1.807) is 0 Å². The topological polar surface area (TPSA) is 28.2 Å². The Morgan fingerprint density at radius 2 is 2.11 bits per heavy atom. The van der Waals surface area contributed by atoms with Crippen molar-refractivity contribution in [1.29, 1.82) is 0 Å². The van der Waals surface area contributed by atoms with E-state index in [-0.39, 0.29) is 5.54 Å². The highest BCUT2D eigenvalue weighted by Crippen LogP contribution is 2.23. The molecule has 2 rings (SSSR count).